The van der Waals surface area contributed by atoms with Crippen molar-refractivity contribution in [1.82, 2.24) is 0 Å². The van der Waals surface area contributed by atoms with Crippen LogP contribution >= 0.6 is 0 Å². The van der Waals surface area contributed by atoms with Crippen molar-refractivity contribution in [3.05, 3.63) is 12.2 Å². The molecule has 4 nitrogen and oxygen atoms in total. The molecular formula is C21H40O4. The van der Waals surface area contributed by atoms with E-state index >= 15 is 0 Å². The van der Waals surface area contributed by atoms with E-state index in [4.69, 9.17) is 10.2 Å². The fourth-order valence-corrected chi connectivity index (χ4v) is 3.13. The van der Waals surface area contributed by atoms with E-state index in [1.54, 1.807) is 0 Å². The zero-order valence-corrected chi connectivity index (χ0v) is 16.2. The van der Waals surface area contributed by atoms with Crippen LogP contribution in [0.4, 0.5) is 0 Å². The van der Waals surface area contributed by atoms with E-state index in [9.17, 15) is 9.90 Å². The van der Waals surface area contributed by atoms with Gasteiger partial charge in [-0.2, -0.15) is 0 Å². The summed E-state index contributed by atoms with van der Waals surface area (Å²) in [5.74, 6) is -2.08. The first-order valence-corrected chi connectivity index (χ1v) is 10.3. The van der Waals surface area contributed by atoms with Crippen LogP contribution in [0.25, 0.3) is 0 Å². The van der Waals surface area contributed by atoms with Gasteiger partial charge in [-0.15, -0.1) is 0 Å². The molecule has 0 amide bonds. The second kappa shape index (κ2) is 17.9. The number of hydrogen-bond donors (Lipinski definition) is 3. The summed E-state index contributed by atoms with van der Waals surface area (Å²) in [4.78, 5) is 11.2. The van der Waals surface area contributed by atoms with Gasteiger partial charge in [-0.25, -0.2) is 0 Å². The molecule has 0 heterocycles. The lowest BCUT2D eigenvalue weighted by Crippen LogP contribution is -2.29. The molecule has 0 aromatic carbocycles. The molecule has 3 N–H and O–H groups in total. The largest absolute Gasteiger partial charge is 0.481 e. The molecule has 0 aromatic rings. The van der Waals surface area contributed by atoms with Gasteiger partial charge in [0.25, 0.3) is 0 Å². The van der Waals surface area contributed by atoms with E-state index in [0.717, 1.165) is 32.1 Å². The predicted octanol–water partition coefficient (Wildman–Crippen LogP) is 4.94. The molecule has 148 valence electrons. The number of aliphatic hydroxyl groups is 2. The maximum absolute atomic E-state index is 11.2. The van der Waals surface area contributed by atoms with E-state index in [0.29, 0.717) is 6.42 Å². The lowest BCUT2D eigenvalue weighted by molar-refractivity contribution is -0.145. The number of aliphatic carboxylic acids is 1. The molecule has 0 bridgehead atoms. The number of unbranched alkanes of at least 4 members (excludes halogenated alkanes) is 10. The molecule has 4 heteroatoms. The van der Waals surface area contributed by atoms with Gasteiger partial charge >= 0.3 is 5.97 Å². The lowest BCUT2D eigenvalue weighted by atomic mass is 9.88. The minimum absolute atomic E-state index is 0.267. The van der Waals surface area contributed by atoms with Gasteiger partial charge in [-0.05, 0) is 32.1 Å². The average Bonchev–Trinajstić information content (AvgIpc) is 2.61. The maximum atomic E-state index is 11.2. The molecule has 0 aliphatic carbocycles. The molecule has 0 saturated carbocycles. The Labute approximate surface area is 154 Å². The Morgan fingerprint density at radius 1 is 0.800 bits per heavy atom. The highest BCUT2D eigenvalue weighted by Gasteiger charge is 2.26. The highest BCUT2D eigenvalue weighted by molar-refractivity contribution is 5.70. The molecule has 1 atom stereocenters. The fourth-order valence-electron chi connectivity index (χ4n) is 3.13. The Morgan fingerprint density at radius 3 is 1.76 bits per heavy atom. The molecule has 0 aliphatic heterocycles. The number of hydrogen-bond acceptors (Lipinski definition) is 3. The first-order chi connectivity index (χ1) is 12.2. The number of allylic oxidation sites excluding steroid dienone is 2. The number of aliphatic hydroxyl groups excluding tert-OH is 2. The Hall–Kier alpha value is -0.870. The fraction of sp³-hybridized carbons (Fsp3) is 0.857. The van der Waals surface area contributed by atoms with Crippen molar-refractivity contribution in [2.24, 2.45) is 11.8 Å². The van der Waals surface area contributed by atoms with Crippen LogP contribution in [-0.2, 0) is 4.79 Å². The van der Waals surface area contributed by atoms with Crippen molar-refractivity contribution in [3.63, 3.8) is 0 Å². The van der Waals surface area contributed by atoms with Crippen molar-refractivity contribution < 1.29 is 20.1 Å². The van der Waals surface area contributed by atoms with E-state index in [-0.39, 0.29) is 13.2 Å². The third-order valence-electron chi connectivity index (χ3n) is 4.88. The van der Waals surface area contributed by atoms with E-state index < -0.39 is 17.8 Å². The number of carbonyl (C=O) groups is 1. The first kappa shape index (κ1) is 24.1. The quantitative estimate of drug-likeness (QED) is 0.240. The van der Waals surface area contributed by atoms with E-state index in [2.05, 4.69) is 19.1 Å². The molecule has 0 aromatic heterocycles. The van der Waals surface area contributed by atoms with Crippen LogP contribution < -0.4 is 0 Å². The number of carboxylic acid groups (broad SMARTS) is 1. The summed E-state index contributed by atoms with van der Waals surface area (Å²) in [5, 5.41) is 27.4. The third kappa shape index (κ3) is 14.0. The molecular weight excluding hydrogens is 316 g/mol. The zero-order valence-electron chi connectivity index (χ0n) is 16.2. The summed E-state index contributed by atoms with van der Waals surface area (Å²) < 4.78 is 0. The van der Waals surface area contributed by atoms with Crippen LogP contribution in [0.5, 0.6) is 0 Å². The van der Waals surface area contributed by atoms with Crippen molar-refractivity contribution in [2.45, 2.75) is 90.4 Å². The summed E-state index contributed by atoms with van der Waals surface area (Å²) >= 11 is 0. The van der Waals surface area contributed by atoms with Gasteiger partial charge in [-0.1, -0.05) is 70.4 Å². The summed E-state index contributed by atoms with van der Waals surface area (Å²) in [6.07, 6.45) is 19.6. The molecule has 25 heavy (non-hydrogen) atoms. The highest BCUT2D eigenvalue weighted by atomic mass is 16.4. The van der Waals surface area contributed by atoms with Gasteiger partial charge in [0.15, 0.2) is 0 Å². The summed E-state index contributed by atoms with van der Waals surface area (Å²) in [7, 11) is 0. The standard InChI is InChI=1S/C21H40O4/c1-2-3-4-5-6-7-8-9-10-11-12-13-14-15-16-20(21(24)25)19(17-22)18-23/h9-10,19-20,22-23H,2-8,11-18H2,1H3,(H,24,25)/b10-9-. The maximum Gasteiger partial charge on any atom is 0.306 e. The van der Waals surface area contributed by atoms with Gasteiger partial charge in [0.2, 0.25) is 0 Å². The van der Waals surface area contributed by atoms with Crippen LogP contribution in [0.2, 0.25) is 0 Å². The van der Waals surface area contributed by atoms with Crippen LogP contribution in [0, 0.1) is 11.8 Å². The Kier molecular flexibility index (Phi) is 17.3. The average molecular weight is 357 g/mol. The van der Waals surface area contributed by atoms with Crippen molar-refractivity contribution in [3.8, 4) is 0 Å². The highest BCUT2D eigenvalue weighted by Crippen LogP contribution is 2.20. The smallest absolute Gasteiger partial charge is 0.306 e. The Balaban J connectivity index is 3.53. The van der Waals surface area contributed by atoms with Crippen LogP contribution in [0.1, 0.15) is 90.4 Å². The summed E-state index contributed by atoms with van der Waals surface area (Å²) in [5.41, 5.74) is 0. The van der Waals surface area contributed by atoms with Gasteiger partial charge in [0, 0.05) is 19.1 Å². The Morgan fingerprint density at radius 2 is 1.28 bits per heavy atom. The molecule has 0 saturated heterocycles. The molecule has 0 radical (unpaired) electrons. The van der Waals surface area contributed by atoms with Crippen LogP contribution in [0.3, 0.4) is 0 Å². The van der Waals surface area contributed by atoms with E-state index in [1.165, 1.54) is 44.9 Å². The predicted molar refractivity (Wildman–Crippen MR) is 104 cm³/mol. The lowest BCUT2D eigenvalue weighted by Gasteiger charge is -2.19. The van der Waals surface area contributed by atoms with Gasteiger partial charge in [0.05, 0.1) is 5.92 Å². The second-order valence-corrected chi connectivity index (χ2v) is 7.09. The van der Waals surface area contributed by atoms with E-state index in [1.807, 2.05) is 0 Å². The van der Waals surface area contributed by atoms with Gasteiger partial charge in [-0.3, -0.25) is 4.79 Å². The van der Waals surface area contributed by atoms with Crippen molar-refractivity contribution in [2.75, 3.05) is 13.2 Å². The molecule has 1 unspecified atom stereocenters. The minimum Gasteiger partial charge on any atom is -0.481 e. The zero-order chi connectivity index (χ0) is 18.8. The minimum atomic E-state index is -0.911. The molecule has 0 fully saturated rings. The molecule has 0 spiro atoms. The summed E-state index contributed by atoms with van der Waals surface area (Å²) in [6.45, 7) is 1.71. The topological polar surface area (TPSA) is 77.8 Å². The van der Waals surface area contributed by atoms with Gasteiger partial charge in [0.1, 0.15) is 0 Å². The second-order valence-electron chi connectivity index (χ2n) is 7.09. The van der Waals surface area contributed by atoms with Crippen LogP contribution in [0.15, 0.2) is 12.2 Å². The molecule has 0 aliphatic rings. The van der Waals surface area contributed by atoms with Gasteiger partial charge < -0.3 is 15.3 Å². The van der Waals surface area contributed by atoms with Crippen molar-refractivity contribution in [1.29, 1.82) is 0 Å². The first-order valence-electron chi connectivity index (χ1n) is 10.3. The SMILES string of the molecule is CCCCCCCC/C=C\CCCCCCC(C(=O)O)C(CO)CO. The normalized spacial score (nSPS) is 13.0. The number of carboxylic acids is 1. The number of rotatable bonds is 18. The van der Waals surface area contributed by atoms with Crippen molar-refractivity contribution >= 4 is 5.97 Å². The summed E-state index contributed by atoms with van der Waals surface area (Å²) in [6, 6.07) is 0. The third-order valence-corrected chi connectivity index (χ3v) is 4.88. The molecule has 0 rings (SSSR count). The van der Waals surface area contributed by atoms with Crippen LogP contribution in [-0.4, -0.2) is 34.5 Å². The Bertz CT molecular complexity index is 324. The monoisotopic (exact) mass is 356 g/mol.